The van der Waals surface area contributed by atoms with Crippen LogP contribution in [0.25, 0.3) is 10.8 Å². The summed E-state index contributed by atoms with van der Waals surface area (Å²) in [5.41, 5.74) is 3.79. The Balaban J connectivity index is 2.33. The lowest BCUT2D eigenvalue weighted by Crippen LogP contribution is -2.17. The van der Waals surface area contributed by atoms with E-state index in [-0.39, 0.29) is 0 Å². The summed E-state index contributed by atoms with van der Waals surface area (Å²) in [6.07, 6.45) is 0.991. The predicted octanol–water partition coefficient (Wildman–Crippen LogP) is 3.15. The summed E-state index contributed by atoms with van der Waals surface area (Å²) in [5.74, 6) is 2.91. The lowest BCUT2D eigenvalue weighted by Gasteiger charge is -2.07. The van der Waals surface area contributed by atoms with E-state index in [2.05, 4.69) is 36.1 Å². The number of hydrogen-bond acceptors (Lipinski definition) is 2. The van der Waals surface area contributed by atoms with E-state index in [1.807, 2.05) is 30.3 Å². The van der Waals surface area contributed by atoms with E-state index < -0.39 is 14.2 Å². The normalized spacial score (nSPS) is 12.9. The summed E-state index contributed by atoms with van der Waals surface area (Å²) >= 11 is 0. The lowest BCUT2D eigenvalue weighted by molar-refractivity contribution is 0.233. The van der Waals surface area contributed by atoms with Crippen molar-refractivity contribution in [3.05, 3.63) is 42.2 Å². The van der Waals surface area contributed by atoms with Crippen LogP contribution in [0.15, 0.2) is 36.5 Å². The van der Waals surface area contributed by atoms with E-state index in [1.54, 1.807) is 6.20 Å². The highest BCUT2D eigenvalue weighted by Crippen LogP contribution is 2.17. The summed E-state index contributed by atoms with van der Waals surface area (Å²) in [6.45, 7) is 6.46. The second-order valence-corrected chi connectivity index (χ2v) is 10.1. The first-order chi connectivity index (χ1) is 8.46. The molecule has 0 aliphatic rings. The van der Waals surface area contributed by atoms with Gasteiger partial charge in [-0.3, -0.25) is 4.98 Å². The van der Waals surface area contributed by atoms with Gasteiger partial charge in [0.25, 0.3) is 0 Å². The minimum atomic E-state index is -1.46. The third-order valence-electron chi connectivity index (χ3n) is 2.52. The van der Waals surface area contributed by atoms with Crippen molar-refractivity contribution in [2.45, 2.75) is 25.7 Å². The van der Waals surface area contributed by atoms with E-state index in [1.165, 1.54) is 0 Å². The van der Waals surface area contributed by atoms with Crippen LogP contribution in [0.3, 0.4) is 0 Å². The molecule has 92 valence electrons. The molecule has 0 aliphatic carbocycles. The minimum absolute atomic E-state index is 0.624. The standard InChI is InChI=1S/C15H17NOSi/c1-18(2,3)9-8-15(17)14-10-12-6-4-5-7-13(12)11-16-14/h4-7,10-11,15,17H,1-3H3/t15-/m0/s1. The molecule has 1 aromatic heterocycles. The maximum atomic E-state index is 10.0. The number of fused-ring (bicyclic) bond motifs is 1. The number of aromatic nitrogens is 1. The fourth-order valence-corrected chi connectivity index (χ4v) is 2.18. The van der Waals surface area contributed by atoms with Crippen molar-refractivity contribution in [1.82, 2.24) is 4.98 Å². The first kappa shape index (κ1) is 12.8. The number of benzene rings is 1. The maximum absolute atomic E-state index is 10.0. The quantitative estimate of drug-likeness (QED) is 0.627. The average molecular weight is 255 g/mol. The van der Waals surface area contributed by atoms with Gasteiger partial charge in [-0.05, 0) is 11.5 Å². The Morgan fingerprint density at radius 3 is 2.50 bits per heavy atom. The molecule has 0 unspecified atom stereocenters. The number of nitrogens with zero attached hydrogens (tertiary/aromatic N) is 1. The molecule has 2 rings (SSSR count). The Labute approximate surface area is 109 Å². The number of rotatable bonds is 1. The Morgan fingerprint density at radius 1 is 1.17 bits per heavy atom. The van der Waals surface area contributed by atoms with Gasteiger partial charge in [-0.1, -0.05) is 49.8 Å². The zero-order valence-electron chi connectivity index (χ0n) is 10.9. The van der Waals surface area contributed by atoms with E-state index in [0.717, 1.165) is 10.8 Å². The second kappa shape index (κ2) is 4.93. The minimum Gasteiger partial charge on any atom is -0.374 e. The summed E-state index contributed by atoms with van der Waals surface area (Å²) in [5, 5.41) is 12.2. The van der Waals surface area contributed by atoms with Crippen molar-refractivity contribution in [3.8, 4) is 11.5 Å². The average Bonchev–Trinajstić information content (AvgIpc) is 2.34. The molecule has 1 atom stereocenters. The largest absolute Gasteiger partial charge is 0.374 e. The van der Waals surface area contributed by atoms with E-state index >= 15 is 0 Å². The Hall–Kier alpha value is -1.63. The molecule has 18 heavy (non-hydrogen) atoms. The van der Waals surface area contributed by atoms with Crippen LogP contribution in [-0.2, 0) is 0 Å². The van der Waals surface area contributed by atoms with Crippen LogP contribution in [0.1, 0.15) is 11.8 Å². The van der Waals surface area contributed by atoms with Crippen molar-refractivity contribution >= 4 is 18.8 Å². The molecule has 0 aliphatic heterocycles. The molecule has 3 heteroatoms. The van der Waals surface area contributed by atoms with Crippen LogP contribution in [0.5, 0.6) is 0 Å². The number of hydrogen-bond donors (Lipinski definition) is 1. The zero-order valence-corrected chi connectivity index (χ0v) is 11.9. The molecule has 0 fully saturated rings. The lowest BCUT2D eigenvalue weighted by atomic mass is 10.1. The Kier molecular flexibility index (Phi) is 3.51. The van der Waals surface area contributed by atoms with Crippen LogP contribution < -0.4 is 0 Å². The molecule has 2 nitrogen and oxygen atoms in total. The second-order valence-electron chi connectivity index (χ2n) is 5.38. The molecule has 1 heterocycles. The highest BCUT2D eigenvalue weighted by atomic mass is 28.3. The topological polar surface area (TPSA) is 33.1 Å². The van der Waals surface area contributed by atoms with Gasteiger partial charge in [0.1, 0.15) is 8.07 Å². The van der Waals surface area contributed by atoms with E-state index in [9.17, 15) is 5.11 Å². The van der Waals surface area contributed by atoms with Gasteiger partial charge in [0.2, 0.25) is 0 Å². The third kappa shape index (κ3) is 3.19. The van der Waals surface area contributed by atoms with Gasteiger partial charge < -0.3 is 5.11 Å². The molecule has 1 N–H and O–H groups in total. The van der Waals surface area contributed by atoms with Gasteiger partial charge in [0.15, 0.2) is 6.10 Å². The smallest absolute Gasteiger partial charge is 0.156 e. The van der Waals surface area contributed by atoms with Crippen molar-refractivity contribution in [2.75, 3.05) is 0 Å². The van der Waals surface area contributed by atoms with E-state index in [0.29, 0.717) is 5.69 Å². The third-order valence-corrected chi connectivity index (χ3v) is 3.41. The van der Waals surface area contributed by atoms with Gasteiger partial charge in [-0.15, -0.1) is 5.54 Å². The highest BCUT2D eigenvalue weighted by molar-refractivity contribution is 6.83. The summed E-state index contributed by atoms with van der Waals surface area (Å²) in [4.78, 5) is 4.27. The molecule has 0 saturated heterocycles. The summed E-state index contributed by atoms with van der Waals surface area (Å²) < 4.78 is 0. The number of pyridine rings is 1. The van der Waals surface area contributed by atoms with Crippen LogP contribution in [0, 0.1) is 11.5 Å². The summed E-state index contributed by atoms with van der Waals surface area (Å²) in [6, 6.07) is 9.88. The van der Waals surface area contributed by atoms with Crippen molar-refractivity contribution in [3.63, 3.8) is 0 Å². The van der Waals surface area contributed by atoms with Crippen LogP contribution >= 0.6 is 0 Å². The van der Waals surface area contributed by atoms with Crippen LogP contribution in [0.2, 0.25) is 19.6 Å². The molecule has 0 saturated carbocycles. The molecule has 1 aromatic carbocycles. The van der Waals surface area contributed by atoms with Crippen LogP contribution in [0.4, 0.5) is 0 Å². The summed E-state index contributed by atoms with van der Waals surface area (Å²) in [7, 11) is -1.46. The number of aliphatic hydroxyl groups excluding tert-OH is 1. The molecular weight excluding hydrogens is 238 g/mol. The molecule has 0 bridgehead atoms. The van der Waals surface area contributed by atoms with Gasteiger partial charge >= 0.3 is 0 Å². The van der Waals surface area contributed by atoms with Gasteiger partial charge in [-0.2, -0.15) is 0 Å². The molecule has 0 radical (unpaired) electrons. The van der Waals surface area contributed by atoms with Crippen molar-refractivity contribution < 1.29 is 5.11 Å². The van der Waals surface area contributed by atoms with Crippen molar-refractivity contribution in [1.29, 1.82) is 0 Å². The van der Waals surface area contributed by atoms with Gasteiger partial charge in [0, 0.05) is 11.6 Å². The number of aliphatic hydroxyl groups is 1. The Morgan fingerprint density at radius 2 is 1.83 bits per heavy atom. The highest BCUT2D eigenvalue weighted by Gasteiger charge is 2.10. The fourth-order valence-electron chi connectivity index (χ4n) is 1.61. The molecule has 0 amide bonds. The SMILES string of the molecule is C[Si](C)(C)C#C[C@H](O)c1cc2ccccc2cn1. The zero-order chi connectivity index (χ0) is 13.2. The molecule has 0 spiro atoms. The van der Waals surface area contributed by atoms with Crippen molar-refractivity contribution in [2.24, 2.45) is 0 Å². The van der Waals surface area contributed by atoms with Gasteiger partial charge in [0.05, 0.1) is 5.69 Å². The molecular formula is C15H17NOSi. The molecule has 2 aromatic rings. The monoisotopic (exact) mass is 255 g/mol. The Bertz CT molecular complexity index is 619. The first-order valence-electron chi connectivity index (χ1n) is 6.01. The first-order valence-corrected chi connectivity index (χ1v) is 9.51. The van der Waals surface area contributed by atoms with Crippen LogP contribution in [-0.4, -0.2) is 18.2 Å². The van der Waals surface area contributed by atoms with Gasteiger partial charge in [-0.25, -0.2) is 0 Å². The van der Waals surface area contributed by atoms with E-state index in [4.69, 9.17) is 0 Å². The maximum Gasteiger partial charge on any atom is 0.156 e. The predicted molar refractivity (Wildman–Crippen MR) is 77.8 cm³/mol. The fraction of sp³-hybridized carbons (Fsp3) is 0.267.